The maximum atomic E-state index is 13.0. The van der Waals surface area contributed by atoms with E-state index in [0.29, 0.717) is 19.5 Å². The Bertz CT molecular complexity index is 1220. The van der Waals surface area contributed by atoms with Crippen molar-refractivity contribution in [3.05, 3.63) is 123 Å². The number of aromatic amines is 2. The van der Waals surface area contributed by atoms with Crippen LogP contribution in [0.2, 0.25) is 0 Å². The summed E-state index contributed by atoms with van der Waals surface area (Å²) in [6, 6.07) is 23.8. The Morgan fingerprint density at radius 1 is 0.935 bits per heavy atom. The summed E-state index contributed by atoms with van der Waals surface area (Å²) in [6.07, 6.45) is 2.21. The lowest BCUT2D eigenvalue weighted by atomic mass is 9.85. The fourth-order valence-corrected chi connectivity index (χ4v) is 4.29. The van der Waals surface area contributed by atoms with Crippen LogP contribution in [-0.4, -0.2) is 32.5 Å². The number of amides is 1. The fraction of sp³-hybridized carbons (Fsp3) is 0.160. The molecular weight excluding hydrogens is 388 g/mol. The Morgan fingerprint density at radius 2 is 1.61 bits per heavy atom. The molecule has 0 fully saturated rings. The molecule has 2 aromatic carbocycles. The molecule has 31 heavy (non-hydrogen) atoms. The van der Waals surface area contributed by atoms with Crippen molar-refractivity contribution < 1.29 is 4.79 Å². The van der Waals surface area contributed by atoms with E-state index in [0.717, 1.165) is 28.1 Å². The molecule has 1 aliphatic rings. The minimum atomic E-state index is -0.364. The number of fused-ring (bicyclic) bond motifs is 1. The van der Waals surface area contributed by atoms with Crippen LogP contribution in [0.15, 0.2) is 83.8 Å². The van der Waals surface area contributed by atoms with E-state index < -0.39 is 0 Å². The first kappa shape index (κ1) is 19.1. The summed E-state index contributed by atoms with van der Waals surface area (Å²) in [5, 5.41) is 7.91. The molecule has 0 unspecified atom stereocenters. The van der Waals surface area contributed by atoms with Crippen LogP contribution in [0.3, 0.4) is 0 Å². The molecule has 2 aromatic heterocycles. The maximum absolute atomic E-state index is 13.0. The van der Waals surface area contributed by atoms with Crippen LogP contribution in [0.5, 0.6) is 0 Å². The van der Waals surface area contributed by atoms with Gasteiger partial charge in [0.2, 0.25) is 0 Å². The maximum Gasteiger partial charge on any atom is 0.260 e. The van der Waals surface area contributed by atoms with E-state index in [2.05, 4.69) is 34.3 Å². The van der Waals surface area contributed by atoms with Crippen LogP contribution in [-0.2, 0) is 13.0 Å². The molecule has 1 aliphatic heterocycles. The summed E-state index contributed by atoms with van der Waals surface area (Å²) in [4.78, 5) is 29.5. The SMILES string of the molecule is O=C(c1ccc[nH]c1=O)N1CCc2[nH]nc(C(c3ccccc3)c3ccccc3)c2C1. The lowest BCUT2D eigenvalue weighted by Gasteiger charge is -2.28. The van der Waals surface area contributed by atoms with Gasteiger partial charge in [-0.25, -0.2) is 0 Å². The third-order valence-corrected chi connectivity index (χ3v) is 5.84. The summed E-state index contributed by atoms with van der Waals surface area (Å²) < 4.78 is 0. The predicted molar refractivity (Wildman–Crippen MR) is 118 cm³/mol. The molecule has 0 radical (unpaired) electrons. The van der Waals surface area contributed by atoms with Gasteiger partial charge in [-0.2, -0.15) is 5.10 Å². The number of nitrogens with zero attached hydrogens (tertiary/aromatic N) is 2. The molecule has 0 saturated carbocycles. The number of aromatic nitrogens is 3. The number of carbonyl (C=O) groups is 1. The van der Waals surface area contributed by atoms with E-state index >= 15 is 0 Å². The molecular formula is C25H22N4O2. The quantitative estimate of drug-likeness (QED) is 0.540. The zero-order valence-corrected chi connectivity index (χ0v) is 16.9. The van der Waals surface area contributed by atoms with Gasteiger partial charge >= 0.3 is 0 Å². The van der Waals surface area contributed by atoms with Crippen LogP contribution < -0.4 is 5.56 Å². The van der Waals surface area contributed by atoms with Crippen molar-refractivity contribution >= 4 is 5.91 Å². The highest BCUT2D eigenvalue weighted by Crippen LogP contribution is 2.35. The monoisotopic (exact) mass is 410 g/mol. The van der Waals surface area contributed by atoms with Crippen LogP contribution >= 0.6 is 0 Å². The van der Waals surface area contributed by atoms with Crippen molar-refractivity contribution in [3.63, 3.8) is 0 Å². The lowest BCUT2D eigenvalue weighted by molar-refractivity contribution is 0.0732. The number of hydrogen-bond acceptors (Lipinski definition) is 3. The first-order chi connectivity index (χ1) is 15.2. The van der Waals surface area contributed by atoms with E-state index in [4.69, 9.17) is 5.10 Å². The lowest BCUT2D eigenvalue weighted by Crippen LogP contribution is -2.38. The van der Waals surface area contributed by atoms with Crippen molar-refractivity contribution in [2.24, 2.45) is 0 Å². The Labute approximate surface area is 179 Å². The average molecular weight is 410 g/mol. The number of rotatable bonds is 4. The second kappa shape index (κ2) is 8.07. The molecule has 0 saturated heterocycles. The average Bonchev–Trinajstić information content (AvgIpc) is 3.23. The molecule has 0 spiro atoms. The van der Waals surface area contributed by atoms with Crippen molar-refractivity contribution in [3.8, 4) is 0 Å². The van der Waals surface area contributed by atoms with E-state index in [1.165, 1.54) is 6.20 Å². The van der Waals surface area contributed by atoms with Gasteiger partial charge in [0.25, 0.3) is 11.5 Å². The number of carbonyl (C=O) groups excluding carboxylic acids is 1. The van der Waals surface area contributed by atoms with E-state index in [1.807, 2.05) is 36.4 Å². The van der Waals surface area contributed by atoms with Gasteiger partial charge in [0.15, 0.2) is 0 Å². The normalized spacial score (nSPS) is 13.3. The standard InChI is InChI=1S/C25H22N4O2/c30-24-19(12-7-14-26-24)25(31)29-15-13-21-20(16-29)23(28-27-21)22(17-8-3-1-4-9-17)18-10-5-2-6-11-18/h1-12,14,22H,13,15-16H2,(H,26,30)(H,27,28). The van der Waals surface area contributed by atoms with Crippen LogP contribution in [0.4, 0.5) is 0 Å². The predicted octanol–water partition coefficient (Wildman–Crippen LogP) is 3.48. The zero-order valence-electron chi connectivity index (χ0n) is 16.9. The summed E-state index contributed by atoms with van der Waals surface area (Å²) in [6.45, 7) is 0.966. The summed E-state index contributed by atoms with van der Waals surface area (Å²) >= 11 is 0. The number of H-pyrrole nitrogens is 2. The largest absolute Gasteiger partial charge is 0.334 e. The molecule has 4 aromatic rings. The molecule has 1 amide bonds. The number of hydrogen-bond donors (Lipinski definition) is 2. The van der Waals surface area contributed by atoms with Gasteiger partial charge in [0.1, 0.15) is 5.56 Å². The fourth-order valence-electron chi connectivity index (χ4n) is 4.29. The minimum Gasteiger partial charge on any atom is -0.334 e. The Morgan fingerprint density at radius 3 is 2.26 bits per heavy atom. The van der Waals surface area contributed by atoms with Gasteiger partial charge in [-0.15, -0.1) is 0 Å². The van der Waals surface area contributed by atoms with Gasteiger partial charge in [-0.1, -0.05) is 60.7 Å². The van der Waals surface area contributed by atoms with Gasteiger partial charge in [-0.3, -0.25) is 14.7 Å². The van der Waals surface area contributed by atoms with E-state index in [1.54, 1.807) is 17.0 Å². The van der Waals surface area contributed by atoms with E-state index in [9.17, 15) is 9.59 Å². The molecule has 0 aliphatic carbocycles. The highest BCUT2D eigenvalue weighted by atomic mass is 16.2. The van der Waals surface area contributed by atoms with Gasteiger partial charge in [0, 0.05) is 37.0 Å². The Kier molecular flexibility index (Phi) is 4.96. The van der Waals surface area contributed by atoms with Gasteiger partial charge < -0.3 is 9.88 Å². The molecule has 6 heteroatoms. The minimum absolute atomic E-state index is 0.0439. The highest BCUT2D eigenvalue weighted by molar-refractivity contribution is 5.93. The van der Waals surface area contributed by atoms with Crippen LogP contribution in [0.1, 0.15) is 44.4 Å². The van der Waals surface area contributed by atoms with Crippen molar-refractivity contribution in [2.45, 2.75) is 18.9 Å². The second-order valence-corrected chi connectivity index (χ2v) is 7.71. The Balaban J connectivity index is 1.54. The van der Waals surface area contributed by atoms with Gasteiger partial charge in [-0.05, 0) is 23.3 Å². The second-order valence-electron chi connectivity index (χ2n) is 7.71. The van der Waals surface area contributed by atoms with Crippen molar-refractivity contribution in [2.75, 3.05) is 6.54 Å². The number of benzene rings is 2. The van der Waals surface area contributed by atoms with Gasteiger partial charge in [0.05, 0.1) is 11.6 Å². The molecule has 5 rings (SSSR count). The number of pyridine rings is 1. The third-order valence-electron chi connectivity index (χ3n) is 5.84. The van der Waals surface area contributed by atoms with Crippen LogP contribution in [0, 0.1) is 0 Å². The third kappa shape index (κ3) is 3.57. The topological polar surface area (TPSA) is 81.9 Å². The molecule has 0 bridgehead atoms. The highest BCUT2D eigenvalue weighted by Gasteiger charge is 2.30. The first-order valence-electron chi connectivity index (χ1n) is 10.4. The Hall–Kier alpha value is -3.93. The van der Waals surface area contributed by atoms with Crippen molar-refractivity contribution in [1.29, 1.82) is 0 Å². The first-order valence-corrected chi connectivity index (χ1v) is 10.4. The molecule has 2 N–H and O–H groups in total. The summed E-state index contributed by atoms with van der Waals surface area (Å²) in [7, 11) is 0. The van der Waals surface area contributed by atoms with Crippen LogP contribution in [0.25, 0.3) is 0 Å². The summed E-state index contributed by atoms with van der Waals surface area (Å²) in [5.41, 5.74) is 5.10. The van der Waals surface area contributed by atoms with E-state index in [-0.39, 0.29) is 22.9 Å². The smallest absolute Gasteiger partial charge is 0.260 e. The molecule has 154 valence electrons. The molecule has 6 nitrogen and oxygen atoms in total. The molecule has 3 heterocycles. The molecule has 0 atom stereocenters. The zero-order chi connectivity index (χ0) is 21.2. The number of nitrogens with one attached hydrogen (secondary N) is 2. The van der Waals surface area contributed by atoms with Crippen molar-refractivity contribution in [1.82, 2.24) is 20.1 Å². The summed E-state index contributed by atoms with van der Waals surface area (Å²) in [5.74, 6) is -0.298.